The smallest absolute Gasteiger partial charge is 0.227 e. The topological polar surface area (TPSA) is 29.3 Å². The molecule has 7 aromatic carbocycles. The summed E-state index contributed by atoms with van der Waals surface area (Å²) in [6.45, 7) is 0. The maximum absolute atomic E-state index is 6.45. The molecule has 0 spiro atoms. The number of hydrogen-bond acceptors (Lipinski definition) is 3. The van der Waals surface area contributed by atoms with Crippen molar-refractivity contribution in [3.8, 4) is 56.3 Å². The zero-order chi connectivity index (χ0) is 30.5. The molecule has 0 N–H and O–H groups in total. The molecule has 0 fully saturated rings. The van der Waals surface area contributed by atoms with Crippen molar-refractivity contribution in [3.05, 3.63) is 170 Å². The van der Waals surface area contributed by atoms with Crippen LogP contribution in [0, 0.1) is 0 Å². The average molecular weight is 589 g/mol. The SMILES string of the molecule is c1ccc(-c2ccc(N(c3cccc(-c4ccccc4)c3)c3ccc4c5c(cccc35)-c3oc(-c5ccccc5)nc3-4)cc2)cc1. The number of aromatic nitrogens is 1. The van der Waals surface area contributed by atoms with Gasteiger partial charge in [-0.2, -0.15) is 0 Å². The molecule has 0 amide bonds. The van der Waals surface area contributed by atoms with E-state index in [-0.39, 0.29) is 0 Å². The second-order valence-corrected chi connectivity index (χ2v) is 11.6. The van der Waals surface area contributed by atoms with Crippen LogP contribution in [-0.4, -0.2) is 4.98 Å². The standard InChI is InChI=1S/C43H28N2O/c1-4-12-29(13-5-1)31-22-24-34(25-23-31)45(35-19-10-18-33(28-35)30-14-6-2-7-15-30)39-27-26-37-40-36(39)20-11-21-38(40)42-41(37)44-43(46-42)32-16-8-3-9-17-32/h1-28H. The second kappa shape index (κ2) is 10.8. The lowest BCUT2D eigenvalue weighted by Crippen LogP contribution is -2.10. The Labute approximate surface area is 267 Å². The monoisotopic (exact) mass is 588 g/mol. The van der Waals surface area contributed by atoms with Crippen LogP contribution in [0.5, 0.6) is 0 Å². The molecule has 0 radical (unpaired) electrons. The Morgan fingerprint density at radius 1 is 0.435 bits per heavy atom. The van der Waals surface area contributed by atoms with Crippen LogP contribution < -0.4 is 4.90 Å². The molecule has 1 aliphatic rings. The summed E-state index contributed by atoms with van der Waals surface area (Å²) in [4.78, 5) is 7.36. The fourth-order valence-electron chi connectivity index (χ4n) is 6.68. The van der Waals surface area contributed by atoms with Gasteiger partial charge in [0.05, 0.1) is 5.69 Å². The lowest BCUT2D eigenvalue weighted by molar-refractivity contribution is 0.590. The third kappa shape index (κ3) is 4.33. The van der Waals surface area contributed by atoms with Gasteiger partial charge in [0.2, 0.25) is 5.89 Å². The molecule has 8 aromatic rings. The van der Waals surface area contributed by atoms with E-state index in [1.807, 2.05) is 30.3 Å². The largest absolute Gasteiger partial charge is 0.435 e. The first-order valence-corrected chi connectivity index (χ1v) is 15.6. The summed E-state index contributed by atoms with van der Waals surface area (Å²) in [6, 6.07) is 59.8. The van der Waals surface area contributed by atoms with Crippen molar-refractivity contribution in [3.63, 3.8) is 0 Å². The van der Waals surface area contributed by atoms with Gasteiger partial charge < -0.3 is 9.32 Å². The maximum atomic E-state index is 6.45. The van der Waals surface area contributed by atoms with E-state index in [0.29, 0.717) is 5.89 Å². The van der Waals surface area contributed by atoms with Gasteiger partial charge in [-0.05, 0) is 70.8 Å². The number of fused-ring (bicyclic) bond motifs is 3. The molecule has 3 heteroatoms. The van der Waals surface area contributed by atoms with Gasteiger partial charge in [0.1, 0.15) is 5.69 Å². The summed E-state index contributed by atoms with van der Waals surface area (Å²) in [7, 11) is 0. The van der Waals surface area contributed by atoms with E-state index >= 15 is 0 Å². The number of hydrogen-bond donors (Lipinski definition) is 0. The van der Waals surface area contributed by atoms with Crippen LogP contribution in [0.1, 0.15) is 0 Å². The number of anilines is 3. The van der Waals surface area contributed by atoms with Gasteiger partial charge in [-0.3, -0.25) is 0 Å². The molecule has 0 saturated carbocycles. The van der Waals surface area contributed by atoms with E-state index in [2.05, 4.69) is 144 Å². The minimum atomic E-state index is 0.648. The van der Waals surface area contributed by atoms with Crippen LogP contribution in [0.15, 0.2) is 174 Å². The predicted molar refractivity (Wildman–Crippen MR) is 189 cm³/mol. The molecule has 0 unspecified atom stereocenters. The van der Waals surface area contributed by atoms with Gasteiger partial charge in [-0.15, -0.1) is 0 Å². The summed E-state index contributed by atoms with van der Waals surface area (Å²) in [5.74, 6) is 1.48. The van der Waals surface area contributed by atoms with Crippen molar-refractivity contribution in [1.82, 2.24) is 4.98 Å². The Bertz CT molecular complexity index is 2310. The molecule has 0 atom stereocenters. The zero-order valence-electron chi connectivity index (χ0n) is 25.0. The first kappa shape index (κ1) is 26.2. The van der Waals surface area contributed by atoms with Crippen molar-refractivity contribution in [2.75, 3.05) is 4.90 Å². The Balaban J connectivity index is 1.21. The maximum Gasteiger partial charge on any atom is 0.227 e. The van der Waals surface area contributed by atoms with E-state index < -0.39 is 0 Å². The Morgan fingerprint density at radius 2 is 1.04 bits per heavy atom. The van der Waals surface area contributed by atoms with Crippen LogP contribution in [0.25, 0.3) is 67.1 Å². The Hall–Kier alpha value is -6.19. The van der Waals surface area contributed by atoms with E-state index in [1.54, 1.807) is 0 Å². The summed E-state index contributed by atoms with van der Waals surface area (Å²) in [5.41, 5.74) is 12.1. The average Bonchev–Trinajstić information content (AvgIpc) is 3.70. The number of oxazole rings is 1. The Morgan fingerprint density at radius 3 is 1.76 bits per heavy atom. The molecule has 9 rings (SSSR count). The lowest BCUT2D eigenvalue weighted by Gasteiger charge is -2.28. The molecule has 0 saturated heterocycles. The van der Waals surface area contributed by atoms with Gasteiger partial charge in [0.15, 0.2) is 5.76 Å². The summed E-state index contributed by atoms with van der Waals surface area (Å²) in [5, 5.41) is 2.33. The van der Waals surface area contributed by atoms with Crippen molar-refractivity contribution in [1.29, 1.82) is 0 Å². The molecule has 3 nitrogen and oxygen atoms in total. The highest BCUT2D eigenvalue weighted by atomic mass is 16.4. The van der Waals surface area contributed by atoms with Gasteiger partial charge >= 0.3 is 0 Å². The van der Waals surface area contributed by atoms with E-state index in [1.165, 1.54) is 27.6 Å². The molecular weight excluding hydrogens is 560 g/mol. The fourth-order valence-corrected chi connectivity index (χ4v) is 6.68. The first-order chi connectivity index (χ1) is 22.8. The predicted octanol–water partition coefficient (Wildman–Crippen LogP) is 11.9. The molecular formula is C43H28N2O. The van der Waals surface area contributed by atoms with Gasteiger partial charge in [-0.1, -0.05) is 121 Å². The van der Waals surface area contributed by atoms with Gasteiger partial charge in [0, 0.05) is 38.8 Å². The quantitative estimate of drug-likeness (QED) is 0.193. The molecule has 1 aromatic heterocycles. The van der Waals surface area contributed by atoms with Gasteiger partial charge in [-0.25, -0.2) is 4.98 Å². The van der Waals surface area contributed by atoms with Crippen LogP contribution >= 0.6 is 0 Å². The van der Waals surface area contributed by atoms with E-state index in [9.17, 15) is 0 Å². The van der Waals surface area contributed by atoms with Crippen molar-refractivity contribution in [2.45, 2.75) is 0 Å². The summed E-state index contributed by atoms with van der Waals surface area (Å²) >= 11 is 0. The molecule has 1 aliphatic carbocycles. The third-order valence-electron chi connectivity index (χ3n) is 8.85. The minimum Gasteiger partial charge on any atom is -0.435 e. The molecule has 0 aliphatic heterocycles. The number of benzene rings is 7. The highest BCUT2D eigenvalue weighted by Gasteiger charge is 2.30. The van der Waals surface area contributed by atoms with Crippen molar-refractivity contribution < 1.29 is 4.42 Å². The normalized spacial score (nSPS) is 11.5. The van der Waals surface area contributed by atoms with E-state index in [4.69, 9.17) is 9.40 Å². The van der Waals surface area contributed by atoms with Crippen LogP contribution in [-0.2, 0) is 0 Å². The number of nitrogens with zero attached hydrogens (tertiary/aromatic N) is 2. The van der Waals surface area contributed by atoms with Crippen LogP contribution in [0.3, 0.4) is 0 Å². The fraction of sp³-hybridized carbons (Fsp3) is 0. The van der Waals surface area contributed by atoms with E-state index in [0.717, 1.165) is 50.6 Å². The Kier molecular flexibility index (Phi) is 6.14. The lowest BCUT2D eigenvalue weighted by atomic mass is 9.99. The minimum absolute atomic E-state index is 0.648. The highest BCUT2D eigenvalue weighted by molar-refractivity contribution is 6.17. The molecule has 216 valence electrons. The number of rotatable bonds is 6. The molecule has 0 bridgehead atoms. The zero-order valence-corrected chi connectivity index (χ0v) is 25.0. The molecule has 46 heavy (non-hydrogen) atoms. The van der Waals surface area contributed by atoms with Crippen molar-refractivity contribution in [2.24, 2.45) is 0 Å². The second-order valence-electron chi connectivity index (χ2n) is 11.6. The van der Waals surface area contributed by atoms with Crippen molar-refractivity contribution >= 4 is 27.8 Å². The van der Waals surface area contributed by atoms with Crippen LogP contribution in [0.4, 0.5) is 17.1 Å². The van der Waals surface area contributed by atoms with Crippen LogP contribution in [0.2, 0.25) is 0 Å². The highest BCUT2D eigenvalue weighted by Crippen LogP contribution is 2.52. The molecule has 1 heterocycles. The first-order valence-electron chi connectivity index (χ1n) is 15.6. The summed E-state index contributed by atoms with van der Waals surface area (Å²) < 4.78 is 6.45. The third-order valence-corrected chi connectivity index (χ3v) is 8.85. The van der Waals surface area contributed by atoms with Gasteiger partial charge in [0.25, 0.3) is 0 Å². The summed E-state index contributed by atoms with van der Waals surface area (Å²) in [6.07, 6.45) is 0.